The summed E-state index contributed by atoms with van der Waals surface area (Å²) in [6, 6.07) is 15.7. The van der Waals surface area contributed by atoms with Crippen molar-refractivity contribution >= 4 is 17.8 Å². The van der Waals surface area contributed by atoms with E-state index in [4.69, 9.17) is 5.73 Å². The fourth-order valence-electron chi connectivity index (χ4n) is 3.66. The van der Waals surface area contributed by atoms with Gasteiger partial charge in [0.25, 0.3) is 0 Å². The number of ether oxygens (including phenoxy) is 2. The number of alkyl carbamates (subject to hydrolysis) is 1. The third kappa shape index (κ3) is 7.91. The molecule has 2 aromatic carbocycles. The molecule has 0 saturated heterocycles. The summed E-state index contributed by atoms with van der Waals surface area (Å²) in [5, 5.41) is 2.54. The Hall–Kier alpha value is -3.33. The molecule has 2 rings (SSSR count). The number of nitrogens with two attached hydrogens (primary N) is 1. The number of rotatable bonds is 12. The lowest BCUT2D eigenvalue weighted by Gasteiger charge is -2.28. The van der Waals surface area contributed by atoms with E-state index in [9.17, 15) is 23.2 Å². The molecule has 0 radical (unpaired) electrons. The number of Topliss-reactive ketones (excluding diaryl/α,β-unsaturated/α-hetero) is 1. The predicted molar refractivity (Wildman–Crippen MR) is 122 cm³/mol. The summed E-state index contributed by atoms with van der Waals surface area (Å²) in [4.78, 5) is 36.7. The highest BCUT2D eigenvalue weighted by atomic mass is 19.3. The van der Waals surface area contributed by atoms with E-state index in [0.29, 0.717) is 0 Å². The summed E-state index contributed by atoms with van der Waals surface area (Å²) < 4.78 is 38.1. The molecule has 2 aromatic rings. The highest BCUT2D eigenvalue weighted by molar-refractivity contribution is 5.89. The van der Waals surface area contributed by atoms with Crippen LogP contribution < -0.4 is 11.1 Å². The molecule has 0 aliphatic rings. The number of hydrogen-bond donors (Lipinski definition) is 2. The van der Waals surface area contributed by atoms with Gasteiger partial charge in [0.15, 0.2) is 5.78 Å². The second-order valence-corrected chi connectivity index (χ2v) is 7.90. The number of carbonyl (C=O) groups excluding carboxylic acids is 3. The van der Waals surface area contributed by atoms with Crippen molar-refractivity contribution in [1.29, 1.82) is 0 Å². The van der Waals surface area contributed by atoms with E-state index in [1.54, 1.807) is 48.5 Å². The highest BCUT2D eigenvalue weighted by Crippen LogP contribution is 2.32. The molecule has 7 nitrogen and oxygen atoms in total. The quantitative estimate of drug-likeness (QED) is 0.451. The van der Waals surface area contributed by atoms with Crippen LogP contribution in [-0.2, 0) is 19.1 Å². The molecule has 0 aliphatic carbocycles. The van der Waals surface area contributed by atoms with Crippen LogP contribution in [0.1, 0.15) is 42.7 Å². The van der Waals surface area contributed by atoms with Gasteiger partial charge in [-0.2, -0.15) is 0 Å². The maximum absolute atomic E-state index is 14.5. The fourth-order valence-corrected chi connectivity index (χ4v) is 3.66. The Morgan fingerprint density at radius 1 is 0.912 bits per heavy atom. The van der Waals surface area contributed by atoms with Crippen LogP contribution in [0, 0.1) is 0 Å². The molecular formula is C25H30F2N2O5. The number of halogens is 2. The van der Waals surface area contributed by atoms with Crippen LogP contribution in [0.2, 0.25) is 0 Å². The lowest BCUT2D eigenvalue weighted by molar-refractivity contribution is -0.142. The monoisotopic (exact) mass is 476 g/mol. The third-order valence-electron chi connectivity index (χ3n) is 5.52. The number of amides is 1. The molecule has 0 heterocycles. The summed E-state index contributed by atoms with van der Waals surface area (Å²) >= 11 is 0. The minimum absolute atomic E-state index is 0.283. The smallest absolute Gasteiger partial charge is 0.407 e. The lowest BCUT2D eigenvalue weighted by atomic mass is 9.82. The summed E-state index contributed by atoms with van der Waals surface area (Å²) in [6.07, 6.45) is -3.05. The van der Waals surface area contributed by atoms with Crippen molar-refractivity contribution in [3.8, 4) is 0 Å². The Bertz CT molecular complexity index is 901. The summed E-state index contributed by atoms with van der Waals surface area (Å²) in [6.45, 7) is 0. The molecule has 0 fully saturated rings. The Morgan fingerprint density at radius 3 is 1.91 bits per heavy atom. The Labute approximate surface area is 197 Å². The zero-order chi connectivity index (χ0) is 25.1. The van der Waals surface area contributed by atoms with Gasteiger partial charge in [-0.1, -0.05) is 60.7 Å². The predicted octanol–water partition coefficient (Wildman–Crippen LogP) is 3.81. The molecule has 0 unspecified atom stereocenters. The minimum atomic E-state index is -3.23. The largest absolute Gasteiger partial charge is 0.468 e. The zero-order valence-corrected chi connectivity index (χ0v) is 19.2. The fraction of sp³-hybridized carbons (Fsp3) is 0.400. The van der Waals surface area contributed by atoms with Crippen LogP contribution >= 0.6 is 0 Å². The average molecular weight is 477 g/mol. The zero-order valence-electron chi connectivity index (χ0n) is 19.2. The number of benzene rings is 2. The second kappa shape index (κ2) is 12.8. The van der Waals surface area contributed by atoms with Crippen molar-refractivity contribution < 1.29 is 32.6 Å². The number of methoxy groups -OCH3 is 2. The van der Waals surface area contributed by atoms with Crippen molar-refractivity contribution in [2.24, 2.45) is 5.73 Å². The number of hydrogen-bond acceptors (Lipinski definition) is 6. The molecule has 0 bridgehead atoms. The van der Waals surface area contributed by atoms with Crippen molar-refractivity contribution in [1.82, 2.24) is 5.32 Å². The van der Waals surface area contributed by atoms with E-state index in [2.05, 4.69) is 14.8 Å². The van der Waals surface area contributed by atoms with E-state index in [0.717, 1.165) is 25.3 Å². The highest BCUT2D eigenvalue weighted by Gasteiger charge is 2.36. The van der Waals surface area contributed by atoms with Gasteiger partial charge in [-0.15, -0.1) is 0 Å². The number of nitrogens with one attached hydrogen (secondary N) is 1. The molecule has 184 valence electrons. The minimum Gasteiger partial charge on any atom is -0.468 e. The van der Waals surface area contributed by atoms with Gasteiger partial charge in [-0.3, -0.25) is 9.59 Å². The van der Waals surface area contributed by atoms with Crippen LogP contribution in [-0.4, -0.2) is 50.1 Å². The van der Waals surface area contributed by atoms with E-state index < -0.39 is 61.0 Å². The number of carbonyl (C=O) groups is 3. The van der Waals surface area contributed by atoms with E-state index >= 15 is 0 Å². The Morgan fingerprint density at radius 2 is 1.44 bits per heavy atom. The van der Waals surface area contributed by atoms with Gasteiger partial charge in [0.2, 0.25) is 5.92 Å². The molecule has 0 aliphatic heterocycles. The van der Waals surface area contributed by atoms with E-state index in [1.807, 2.05) is 12.1 Å². The molecule has 34 heavy (non-hydrogen) atoms. The first-order valence-corrected chi connectivity index (χ1v) is 10.9. The molecule has 0 spiro atoms. The van der Waals surface area contributed by atoms with Crippen LogP contribution in [0.25, 0.3) is 0 Å². The van der Waals surface area contributed by atoms with Crippen molar-refractivity contribution in [2.75, 3.05) is 14.2 Å². The topological polar surface area (TPSA) is 108 Å². The Balaban J connectivity index is 2.24. The van der Waals surface area contributed by atoms with Gasteiger partial charge < -0.3 is 20.5 Å². The van der Waals surface area contributed by atoms with Gasteiger partial charge in [0.05, 0.1) is 14.2 Å². The van der Waals surface area contributed by atoms with Crippen LogP contribution in [0.4, 0.5) is 13.6 Å². The molecular weight excluding hydrogens is 446 g/mol. The van der Waals surface area contributed by atoms with Gasteiger partial charge in [0.1, 0.15) is 12.1 Å². The second-order valence-electron chi connectivity index (χ2n) is 7.90. The van der Waals surface area contributed by atoms with Crippen molar-refractivity contribution in [3.63, 3.8) is 0 Å². The van der Waals surface area contributed by atoms with Crippen LogP contribution in [0.3, 0.4) is 0 Å². The number of alkyl halides is 2. The standard InChI is InChI=1S/C25H30F2N2O5/c1-33-23(31)19(28)13-15-25(26,27)16-14-20(30)22(29-24(32)34-2)21(17-9-5-3-6-10-17)18-11-7-4-8-12-18/h3-12,19,21-22H,13-16,28H2,1-2H3,(H,29,32)/t19-,22+/m0/s1. The lowest BCUT2D eigenvalue weighted by Crippen LogP contribution is -2.45. The first kappa shape index (κ1) is 26.9. The molecule has 9 heteroatoms. The number of esters is 1. The SMILES string of the molecule is COC(=O)N[C@H](C(=O)CCC(F)(F)CC[C@H](N)C(=O)OC)C(c1ccccc1)c1ccccc1. The molecule has 0 aromatic heterocycles. The first-order valence-electron chi connectivity index (χ1n) is 10.9. The maximum Gasteiger partial charge on any atom is 0.407 e. The summed E-state index contributed by atoms with van der Waals surface area (Å²) in [7, 11) is 2.29. The summed E-state index contributed by atoms with van der Waals surface area (Å²) in [5.74, 6) is -5.19. The molecule has 0 saturated carbocycles. The molecule has 1 amide bonds. The van der Waals surface area contributed by atoms with Crippen molar-refractivity contribution in [2.45, 2.75) is 49.6 Å². The van der Waals surface area contributed by atoms with Gasteiger partial charge in [-0.25, -0.2) is 13.6 Å². The van der Waals surface area contributed by atoms with Crippen molar-refractivity contribution in [3.05, 3.63) is 71.8 Å². The molecule has 3 N–H and O–H groups in total. The summed E-state index contributed by atoms with van der Waals surface area (Å²) in [5.41, 5.74) is 7.01. The molecule has 2 atom stereocenters. The van der Waals surface area contributed by atoms with E-state index in [1.165, 1.54) is 0 Å². The normalized spacial score (nSPS) is 13.1. The van der Waals surface area contributed by atoms with Crippen LogP contribution in [0.5, 0.6) is 0 Å². The van der Waals surface area contributed by atoms with Crippen LogP contribution in [0.15, 0.2) is 60.7 Å². The number of ketones is 1. The third-order valence-corrected chi connectivity index (χ3v) is 5.52. The van der Waals surface area contributed by atoms with Gasteiger partial charge in [-0.05, 0) is 17.5 Å². The Kier molecular flexibility index (Phi) is 10.1. The average Bonchev–Trinajstić information content (AvgIpc) is 2.86. The van der Waals surface area contributed by atoms with E-state index in [-0.39, 0.29) is 6.42 Å². The maximum atomic E-state index is 14.5. The van der Waals surface area contributed by atoms with Gasteiger partial charge >= 0.3 is 12.1 Å². The van der Waals surface area contributed by atoms with Gasteiger partial charge in [0, 0.05) is 25.2 Å². The first-order chi connectivity index (χ1) is 16.2.